The van der Waals surface area contributed by atoms with E-state index in [4.69, 9.17) is 5.11 Å². The number of carbonyl (C=O) groups is 2. The Labute approximate surface area is 107 Å². The van der Waals surface area contributed by atoms with E-state index in [9.17, 15) is 14.7 Å². The van der Waals surface area contributed by atoms with Gasteiger partial charge in [-0.05, 0) is 24.3 Å². The highest BCUT2D eigenvalue weighted by Crippen LogP contribution is 2.20. The van der Waals surface area contributed by atoms with Crippen molar-refractivity contribution < 1.29 is 24.3 Å². The first-order chi connectivity index (χ1) is 9.08. The molecule has 0 radical (unpaired) electrons. The van der Waals surface area contributed by atoms with Gasteiger partial charge in [-0.3, -0.25) is 14.5 Å². The Morgan fingerprint density at radius 1 is 1.21 bits per heavy atom. The minimum absolute atomic E-state index is 0.00863. The number of phenolic OH excluding ortho intramolecular Hbond substituents is 1. The van der Waals surface area contributed by atoms with Crippen molar-refractivity contribution in [2.24, 2.45) is 0 Å². The van der Waals surface area contributed by atoms with Crippen molar-refractivity contribution in [3.05, 3.63) is 42.3 Å². The highest BCUT2D eigenvalue weighted by Gasteiger charge is 2.22. The molecule has 19 heavy (non-hydrogen) atoms. The standard InChI is InChI=1S/C12H10N2O5/c15-9-3-1-8(2-4-9)14(7-11(16)17)12(18)10-5-6-19-13-10/h1-6,15H,7H2,(H,16,17). The van der Waals surface area contributed by atoms with Gasteiger partial charge in [0.1, 0.15) is 18.6 Å². The molecule has 2 rings (SSSR count). The van der Waals surface area contributed by atoms with Gasteiger partial charge in [0.05, 0.1) is 0 Å². The monoisotopic (exact) mass is 262 g/mol. The molecule has 1 amide bonds. The van der Waals surface area contributed by atoms with Crippen molar-refractivity contribution in [2.75, 3.05) is 11.4 Å². The van der Waals surface area contributed by atoms with Crippen LogP contribution >= 0.6 is 0 Å². The number of anilines is 1. The second-order valence-electron chi connectivity index (χ2n) is 3.69. The molecule has 7 nitrogen and oxygen atoms in total. The zero-order valence-corrected chi connectivity index (χ0v) is 9.68. The van der Waals surface area contributed by atoms with Gasteiger partial charge in [0, 0.05) is 11.8 Å². The maximum Gasteiger partial charge on any atom is 0.323 e. The van der Waals surface area contributed by atoms with Gasteiger partial charge in [-0.2, -0.15) is 0 Å². The third-order valence-electron chi connectivity index (χ3n) is 2.36. The van der Waals surface area contributed by atoms with Gasteiger partial charge in [0.15, 0.2) is 5.69 Å². The summed E-state index contributed by atoms with van der Waals surface area (Å²) in [7, 11) is 0. The molecule has 0 aliphatic rings. The highest BCUT2D eigenvalue weighted by molar-refractivity contribution is 6.06. The molecule has 0 aliphatic heterocycles. The molecule has 0 bridgehead atoms. The fourth-order valence-corrected chi connectivity index (χ4v) is 1.51. The average Bonchev–Trinajstić information content (AvgIpc) is 2.90. The number of benzene rings is 1. The SMILES string of the molecule is O=C(O)CN(C(=O)c1ccon1)c1ccc(O)cc1. The molecule has 0 aliphatic carbocycles. The van der Waals surface area contributed by atoms with Crippen molar-refractivity contribution in [1.29, 1.82) is 0 Å². The van der Waals surface area contributed by atoms with Crippen LogP contribution in [0.4, 0.5) is 5.69 Å². The van der Waals surface area contributed by atoms with Crippen molar-refractivity contribution in [3.8, 4) is 5.75 Å². The first-order valence-electron chi connectivity index (χ1n) is 5.31. The Morgan fingerprint density at radius 2 is 1.89 bits per heavy atom. The van der Waals surface area contributed by atoms with Crippen molar-refractivity contribution >= 4 is 17.6 Å². The zero-order chi connectivity index (χ0) is 13.8. The van der Waals surface area contributed by atoms with Crippen LogP contribution in [0, 0.1) is 0 Å². The van der Waals surface area contributed by atoms with Crippen molar-refractivity contribution in [3.63, 3.8) is 0 Å². The molecule has 1 heterocycles. The molecule has 0 saturated carbocycles. The number of nitrogens with zero attached hydrogens (tertiary/aromatic N) is 2. The summed E-state index contributed by atoms with van der Waals surface area (Å²) in [4.78, 5) is 24.0. The normalized spacial score (nSPS) is 10.1. The van der Waals surface area contributed by atoms with Crippen molar-refractivity contribution in [1.82, 2.24) is 5.16 Å². The molecule has 2 N–H and O–H groups in total. The molecule has 98 valence electrons. The number of aliphatic carboxylic acids is 1. The number of amides is 1. The van der Waals surface area contributed by atoms with E-state index < -0.39 is 18.4 Å². The molecule has 0 saturated heterocycles. The summed E-state index contributed by atoms with van der Waals surface area (Å²) >= 11 is 0. The van der Waals surface area contributed by atoms with Gasteiger partial charge in [-0.25, -0.2) is 0 Å². The van der Waals surface area contributed by atoms with E-state index in [1.807, 2.05) is 0 Å². The van der Waals surface area contributed by atoms with Crippen LogP contribution in [0.2, 0.25) is 0 Å². The lowest BCUT2D eigenvalue weighted by atomic mass is 10.2. The maximum atomic E-state index is 12.1. The van der Waals surface area contributed by atoms with Crippen LogP contribution in [0.1, 0.15) is 10.5 Å². The van der Waals surface area contributed by atoms with Gasteiger partial charge in [-0.1, -0.05) is 5.16 Å². The van der Waals surface area contributed by atoms with E-state index in [-0.39, 0.29) is 11.4 Å². The third kappa shape index (κ3) is 2.89. The second-order valence-corrected chi connectivity index (χ2v) is 3.69. The van der Waals surface area contributed by atoms with Gasteiger partial charge < -0.3 is 14.7 Å². The minimum atomic E-state index is -1.16. The Hall–Kier alpha value is -2.83. The van der Waals surface area contributed by atoms with Crippen molar-refractivity contribution in [2.45, 2.75) is 0 Å². The first-order valence-corrected chi connectivity index (χ1v) is 5.31. The fraction of sp³-hybridized carbons (Fsp3) is 0.0833. The Kier molecular flexibility index (Phi) is 3.46. The zero-order valence-electron chi connectivity index (χ0n) is 9.68. The van der Waals surface area contributed by atoms with Gasteiger partial charge in [0.25, 0.3) is 5.91 Å². The topological polar surface area (TPSA) is 104 Å². The predicted molar refractivity (Wildman–Crippen MR) is 63.9 cm³/mol. The largest absolute Gasteiger partial charge is 0.508 e. The molecule has 7 heteroatoms. The lowest BCUT2D eigenvalue weighted by molar-refractivity contribution is -0.135. The van der Waals surface area contributed by atoms with Gasteiger partial charge in [-0.15, -0.1) is 0 Å². The molecular formula is C12H10N2O5. The number of rotatable bonds is 4. The number of hydrogen-bond donors (Lipinski definition) is 2. The number of phenols is 1. The lowest BCUT2D eigenvalue weighted by Gasteiger charge is -2.19. The van der Waals surface area contributed by atoms with E-state index in [1.54, 1.807) is 0 Å². The number of carboxylic acids is 1. The summed E-state index contributed by atoms with van der Waals surface area (Å²) in [5.41, 5.74) is 0.350. The van der Waals surface area contributed by atoms with Crippen LogP contribution in [0.25, 0.3) is 0 Å². The molecule has 1 aromatic heterocycles. The number of carbonyl (C=O) groups excluding carboxylic acids is 1. The Morgan fingerprint density at radius 3 is 2.42 bits per heavy atom. The van der Waals surface area contributed by atoms with Crippen LogP contribution in [0.3, 0.4) is 0 Å². The Bertz CT molecular complexity index is 577. The summed E-state index contributed by atoms with van der Waals surface area (Å²) in [6.07, 6.45) is 1.23. The van der Waals surface area contributed by atoms with E-state index in [1.165, 1.54) is 36.6 Å². The number of carboxylic acid groups (broad SMARTS) is 1. The molecule has 2 aromatic rings. The third-order valence-corrected chi connectivity index (χ3v) is 2.36. The summed E-state index contributed by atoms with van der Waals surface area (Å²) in [6, 6.07) is 6.95. The van der Waals surface area contributed by atoms with E-state index in [2.05, 4.69) is 9.68 Å². The van der Waals surface area contributed by atoms with Crippen LogP contribution in [-0.4, -0.2) is 33.8 Å². The first kappa shape index (κ1) is 12.6. The maximum absolute atomic E-state index is 12.1. The lowest BCUT2D eigenvalue weighted by Crippen LogP contribution is -2.35. The van der Waals surface area contributed by atoms with E-state index in [0.29, 0.717) is 5.69 Å². The number of aromatic hydroxyl groups is 1. The minimum Gasteiger partial charge on any atom is -0.508 e. The highest BCUT2D eigenvalue weighted by atomic mass is 16.5. The smallest absolute Gasteiger partial charge is 0.323 e. The van der Waals surface area contributed by atoms with E-state index in [0.717, 1.165) is 4.90 Å². The molecule has 1 aromatic carbocycles. The average molecular weight is 262 g/mol. The molecular weight excluding hydrogens is 252 g/mol. The van der Waals surface area contributed by atoms with Gasteiger partial charge in [0.2, 0.25) is 0 Å². The molecule has 0 unspecified atom stereocenters. The molecule has 0 atom stereocenters. The molecule has 0 spiro atoms. The summed E-state index contributed by atoms with van der Waals surface area (Å²) in [6.45, 7) is -0.517. The van der Waals surface area contributed by atoms with Crippen LogP contribution in [-0.2, 0) is 4.79 Å². The quantitative estimate of drug-likeness (QED) is 0.855. The van der Waals surface area contributed by atoms with Gasteiger partial charge >= 0.3 is 5.97 Å². The Balaban J connectivity index is 2.33. The summed E-state index contributed by atoms with van der Waals surface area (Å²) in [5.74, 6) is -1.74. The van der Waals surface area contributed by atoms with Crippen LogP contribution < -0.4 is 4.90 Å². The second kappa shape index (κ2) is 5.21. The fourth-order valence-electron chi connectivity index (χ4n) is 1.51. The number of aromatic nitrogens is 1. The number of hydrogen-bond acceptors (Lipinski definition) is 5. The van der Waals surface area contributed by atoms with E-state index >= 15 is 0 Å². The molecule has 0 fully saturated rings. The summed E-state index contributed by atoms with van der Waals surface area (Å²) < 4.78 is 4.56. The van der Waals surface area contributed by atoms with Crippen LogP contribution in [0.15, 0.2) is 41.1 Å². The van der Waals surface area contributed by atoms with Crippen LogP contribution in [0.5, 0.6) is 5.75 Å². The predicted octanol–water partition coefficient (Wildman–Crippen LogP) is 1.11. The summed E-state index contributed by atoms with van der Waals surface area (Å²) in [5, 5.41) is 21.5.